The Bertz CT molecular complexity index is 1860. The third-order valence-electron chi connectivity index (χ3n) is 13.1. The van der Waals surface area contributed by atoms with Crippen LogP contribution in [0.2, 0.25) is 0 Å². The summed E-state index contributed by atoms with van der Waals surface area (Å²) >= 11 is 0. The van der Waals surface area contributed by atoms with Gasteiger partial charge in [-0.25, -0.2) is 9.13 Å². The summed E-state index contributed by atoms with van der Waals surface area (Å²) in [6.07, 6.45) is 61.0. The summed E-state index contributed by atoms with van der Waals surface area (Å²) in [6.45, 7) is 2.43. The standard InChI is InChI=1S/C65H114O16P2/c1-4-7-10-13-16-19-22-23-24-25-26-27-28-29-30-31-32-33-34-35-38-40-42-45-48-51-63(68)75-54-60(66)55-77-82(71,72)78-56-61(67)57-79-83(73,74)80-59-62(81-65(70)53-50-47-44-41-37-21-18-15-12-9-6-3)58-76-64(69)52-49-46-43-39-36-20-17-14-11-8-5-2/h7,10,14-19,23-24,26-27,29-30,60-62,66-67H,4-6,8-9,11-13,20-22,25,28,31-59H2,1-3H3,(H,71,72)(H,73,74)/b10-7-,17-14-,18-15-,19-16-,24-23-,27-26-,30-29-. The van der Waals surface area contributed by atoms with Gasteiger partial charge in [-0.15, -0.1) is 0 Å². The van der Waals surface area contributed by atoms with Gasteiger partial charge in [-0.3, -0.25) is 32.5 Å². The van der Waals surface area contributed by atoms with Crippen molar-refractivity contribution in [3.63, 3.8) is 0 Å². The lowest BCUT2D eigenvalue weighted by atomic mass is 10.1. The number of hydrogen-bond donors (Lipinski definition) is 4. The fourth-order valence-electron chi connectivity index (χ4n) is 8.15. The number of phosphoric acid groups is 2. The van der Waals surface area contributed by atoms with E-state index < -0.39 is 91.5 Å². The highest BCUT2D eigenvalue weighted by molar-refractivity contribution is 7.47. The van der Waals surface area contributed by atoms with Gasteiger partial charge in [-0.1, -0.05) is 215 Å². The van der Waals surface area contributed by atoms with Crippen LogP contribution in [0.1, 0.15) is 252 Å². The van der Waals surface area contributed by atoms with Gasteiger partial charge in [0.05, 0.1) is 26.4 Å². The number of esters is 3. The van der Waals surface area contributed by atoms with E-state index in [1.54, 1.807) is 0 Å². The number of unbranched alkanes of at least 4 members (excludes halogenated alkanes) is 23. The molecular weight excluding hydrogens is 1100 g/mol. The zero-order valence-electron chi connectivity index (χ0n) is 51.6. The van der Waals surface area contributed by atoms with Crippen molar-refractivity contribution >= 4 is 33.6 Å². The first-order chi connectivity index (χ1) is 40.2. The number of carbonyl (C=O) groups excluding carboxylic acids is 3. The SMILES string of the molecule is CC/C=C\C/C=C\C/C=C\C/C=C\C/C=C\CCCCCCCCCCCC(=O)OCC(O)COP(=O)(O)OCC(O)COP(=O)(O)OCC(COC(=O)CCCCCCC/C=C\CCCC)OC(=O)CCCCCCC/C=C\CCCC. The predicted octanol–water partition coefficient (Wildman–Crippen LogP) is 17.0. The first kappa shape index (κ1) is 79.7. The summed E-state index contributed by atoms with van der Waals surface area (Å²) in [6, 6.07) is 0. The van der Waals surface area contributed by atoms with Crippen LogP contribution < -0.4 is 0 Å². The second-order valence-electron chi connectivity index (χ2n) is 21.2. The van der Waals surface area contributed by atoms with Gasteiger partial charge in [-0.05, 0) is 103 Å². The molecule has 83 heavy (non-hydrogen) atoms. The zero-order chi connectivity index (χ0) is 61.0. The fraction of sp³-hybridized carbons (Fsp3) is 0.738. The molecule has 0 radical (unpaired) electrons. The van der Waals surface area contributed by atoms with Crippen molar-refractivity contribution in [2.24, 2.45) is 0 Å². The van der Waals surface area contributed by atoms with E-state index in [1.165, 1.54) is 51.4 Å². The summed E-state index contributed by atoms with van der Waals surface area (Å²) in [5.74, 6) is -1.60. The minimum Gasteiger partial charge on any atom is -0.463 e. The van der Waals surface area contributed by atoms with Gasteiger partial charge in [-0.2, -0.15) is 0 Å². The highest BCUT2D eigenvalue weighted by atomic mass is 31.2. The third kappa shape index (κ3) is 60.2. The van der Waals surface area contributed by atoms with Crippen LogP contribution in [-0.2, 0) is 55.8 Å². The first-order valence-corrected chi connectivity index (χ1v) is 34.9. The number of aliphatic hydroxyl groups excluding tert-OH is 2. The molecule has 4 N–H and O–H groups in total. The van der Waals surface area contributed by atoms with E-state index in [2.05, 4.69) is 106 Å². The average molecular weight is 1210 g/mol. The van der Waals surface area contributed by atoms with Gasteiger partial charge in [0, 0.05) is 19.3 Å². The zero-order valence-corrected chi connectivity index (χ0v) is 53.4. The Kier molecular flexibility index (Phi) is 56.8. The Labute approximate surface area is 502 Å². The maximum atomic E-state index is 12.8. The van der Waals surface area contributed by atoms with Crippen molar-refractivity contribution in [1.82, 2.24) is 0 Å². The van der Waals surface area contributed by atoms with Crippen LogP contribution in [0, 0.1) is 0 Å². The molecule has 0 aliphatic carbocycles. The van der Waals surface area contributed by atoms with E-state index in [0.717, 1.165) is 141 Å². The van der Waals surface area contributed by atoms with Crippen molar-refractivity contribution < 1.29 is 75.8 Å². The summed E-state index contributed by atoms with van der Waals surface area (Å²) in [5, 5.41) is 20.5. The molecule has 0 bridgehead atoms. The fourth-order valence-corrected chi connectivity index (χ4v) is 9.73. The predicted molar refractivity (Wildman–Crippen MR) is 334 cm³/mol. The van der Waals surface area contributed by atoms with E-state index in [-0.39, 0.29) is 19.3 Å². The third-order valence-corrected chi connectivity index (χ3v) is 15.0. The molecule has 18 heteroatoms. The molecular formula is C65H114O16P2. The lowest BCUT2D eigenvalue weighted by Gasteiger charge is -2.21. The molecule has 0 amide bonds. The van der Waals surface area contributed by atoms with Crippen LogP contribution in [0.5, 0.6) is 0 Å². The van der Waals surface area contributed by atoms with Gasteiger partial charge in [0.15, 0.2) is 6.10 Å². The number of rotatable bonds is 60. The first-order valence-electron chi connectivity index (χ1n) is 31.9. The van der Waals surface area contributed by atoms with E-state index in [4.69, 9.17) is 32.3 Å². The van der Waals surface area contributed by atoms with E-state index in [1.807, 2.05) is 0 Å². The van der Waals surface area contributed by atoms with Crippen LogP contribution in [0.3, 0.4) is 0 Å². The molecule has 5 unspecified atom stereocenters. The quantitative estimate of drug-likeness (QED) is 0.0146. The summed E-state index contributed by atoms with van der Waals surface area (Å²) in [5.41, 5.74) is 0. The lowest BCUT2D eigenvalue weighted by Crippen LogP contribution is -2.30. The number of phosphoric ester groups is 2. The average Bonchev–Trinajstić information content (AvgIpc) is 3.46. The van der Waals surface area contributed by atoms with Gasteiger partial charge >= 0.3 is 33.6 Å². The topological polar surface area (TPSA) is 231 Å². The van der Waals surface area contributed by atoms with Crippen LogP contribution in [0.4, 0.5) is 0 Å². The Morgan fingerprint density at radius 1 is 0.349 bits per heavy atom. The van der Waals surface area contributed by atoms with Gasteiger partial charge < -0.3 is 34.2 Å². The van der Waals surface area contributed by atoms with Crippen LogP contribution in [0.15, 0.2) is 85.1 Å². The molecule has 0 aromatic rings. The molecule has 16 nitrogen and oxygen atoms in total. The largest absolute Gasteiger partial charge is 0.472 e. The molecule has 5 atom stereocenters. The summed E-state index contributed by atoms with van der Waals surface area (Å²) in [7, 11) is -9.76. The normalized spacial score (nSPS) is 14.9. The van der Waals surface area contributed by atoms with E-state index in [9.17, 15) is 43.5 Å². The second-order valence-corrected chi connectivity index (χ2v) is 24.1. The molecule has 0 aromatic heterocycles. The van der Waals surface area contributed by atoms with Crippen molar-refractivity contribution in [3.8, 4) is 0 Å². The second kappa shape index (κ2) is 59.1. The highest BCUT2D eigenvalue weighted by Gasteiger charge is 2.29. The molecule has 0 aliphatic rings. The van der Waals surface area contributed by atoms with E-state index in [0.29, 0.717) is 19.3 Å². The molecule has 0 aromatic carbocycles. The Balaban J connectivity index is 4.46. The molecule has 0 heterocycles. The summed E-state index contributed by atoms with van der Waals surface area (Å²) in [4.78, 5) is 58.0. The highest BCUT2D eigenvalue weighted by Crippen LogP contribution is 2.45. The van der Waals surface area contributed by atoms with Gasteiger partial charge in [0.2, 0.25) is 0 Å². The Hall–Kier alpha value is -3.27. The summed E-state index contributed by atoms with van der Waals surface area (Å²) < 4.78 is 60.6. The minimum atomic E-state index is -4.91. The number of carbonyl (C=O) groups is 3. The smallest absolute Gasteiger partial charge is 0.463 e. The molecule has 0 saturated heterocycles. The van der Waals surface area contributed by atoms with Crippen molar-refractivity contribution in [1.29, 1.82) is 0 Å². The van der Waals surface area contributed by atoms with Crippen molar-refractivity contribution in [3.05, 3.63) is 85.1 Å². The van der Waals surface area contributed by atoms with Gasteiger partial charge in [0.25, 0.3) is 0 Å². The molecule has 0 saturated carbocycles. The van der Waals surface area contributed by atoms with Gasteiger partial charge in [0.1, 0.15) is 25.4 Å². The maximum Gasteiger partial charge on any atom is 0.472 e. The number of aliphatic hydroxyl groups is 2. The molecule has 480 valence electrons. The van der Waals surface area contributed by atoms with Crippen LogP contribution in [0.25, 0.3) is 0 Å². The number of hydrogen-bond acceptors (Lipinski definition) is 14. The monoisotopic (exact) mass is 1210 g/mol. The molecule has 0 rings (SSSR count). The van der Waals surface area contributed by atoms with Crippen molar-refractivity contribution in [2.45, 2.75) is 270 Å². The lowest BCUT2D eigenvalue weighted by molar-refractivity contribution is -0.161. The number of allylic oxidation sites excluding steroid dienone is 14. The van der Waals surface area contributed by atoms with Crippen LogP contribution in [-0.4, -0.2) is 95.9 Å². The maximum absolute atomic E-state index is 12.8. The molecule has 0 spiro atoms. The number of ether oxygens (including phenoxy) is 3. The van der Waals surface area contributed by atoms with Crippen LogP contribution >= 0.6 is 15.6 Å². The molecule has 0 aliphatic heterocycles. The van der Waals surface area contributed by atoms with Crippen molar-refractivity contribution in [2.75, 3.05) is 39.6 Å². The molecule has 0 fully saturated rings. The van der Waals surface area contributed by atoms with E-state index >= 15 is 0 Å². The minimum absolute atomic E-state index is 0.0935. The Morgan fingerprint density at radius 2 is 0.639 bits per heavy atom. The Morgan fingerprint density at radius 3 is 1.02 bits per heavy atom.